The Balaban J connectivity index is 2.32. The van der Waals surface area contributed by atoms with Crippen LogP contribution in [0.15, 0.2) is 18.2 Å². The molecule has 0 saturated heterocycles. The molecular weight excluding hydrogens is 418 g/mol. The Morgan fingerprint density at radius 2 is 1.87 bits per heavy atom. The molecule has 0 bridgehead atoms. The van der Waals surface area contributed by atoms with Gasteiger partial charge in [-0.05, 0) is 43.0 Å². The number of carbonyl (C=O) groups excluding carboxylic acids is 2. The number of benzene rings is 1. The number of alkyl halides is 3. The number of nitrogens with zero attached hydrogens (tertiary/aromatic N) is 2. The van der Waals surface area contributed by atoms with E-state index in [1.54, 1.807) is 26.1 Å². The van der Waals surface area contributed by atoms with Crippen molar-refractivity contribution in [2.45, 2.75) is 52.4 Å². The molecule has 1 aromatic heterocycles. The molecule has 0 aliphatic rings. The van der Waals surface area contributed by atoms with E-state index in [0.717, 1.165) is 0 Å². The number of aromatic nitrogens is 2. The Kier molecular flexibility index (Phi) is 7.63. The molecule has 0 fully saturated rings. The van der Waals surface area contributed by atoms with Gasteiger partial charge in [0.1, 0.15) is 18.4 Å². The highest BCUT2D eigenvalue weighted by Gasteiger charge is 2.36. The molecule has 1 aromatic carbocycles. The first kappa shape index (κ1) is 24.6. The lowest BCUT2D eigenvalue weighted by Crippen LogP contribution is -2.54. The van der Waals surface area contributed by atoms with E-state index in [0.29, 0.717) is 36.8 Å². The summed E-state index contributed by atoms with van der Waals surface area (Å²) in [6.45, 7) is 4.21. The van der Waals surface area contributed by atoms with E-state index in [1.807, 2.05) is 0 Å². The van der Waals surface area contributed by atoms with Crippen molar-refractivity contribution >= 4 is 22.7 Å². The van der Waals surface area contributed by atoms with Gasteiger partial charge in [0, 0.05) is 11.9 Å². The zero-order valence-electron chi connectivity index (χ0n) is 17.6. The summed E-state index contributed by atoms with van der Waals surface area (Å²) in [5.74, 6) is -2.20. The quantitative estimate of drug-likeness (QED) is 0.430. The number of carbonyl (C=O) groups is 2. The molecule has 2 aromatic rings. The molecule has 0 spiro atoms. The van der Waals surface area contributed by atoms with Gasteiger partial charge in [-0.2, -0.15) is 18.3 Å². The summed E-state index contributed by atoms with van der Waals surface area (Å²) in [6.07, 6.45) is -3.20. The standard InChI is InChI=1S/C20H27F4N5O2/c1-19(2,3)16(18(31)26-11-20(22,23)24)27-17(30)15-13-7-6-12(21)10-14(13)29(28-15)9-5-4-8-25/h6-7,10,16H,4-5,8-9,11,25H2,1-3H3,(H,26,31)(H,27,30). The highest BCUT2D eigenvalue weighted by atomic mass is 19.4. The fourth-order valence-corrected chi connectivity index (χ4v) is 3.06. The third-order valence-corrected chi connectivity index (χ3v) is 4.62. The number of nitrogens with one attached hydrogen (secondary N) is 2. The minimum Gasteiger partial charge on any atom is -0.345 e. The highest BCUT2D eigenvalue weighted by Crippen LogP contribution is 2.24. The van der Waals surface area contributed by atoms with Crippen molar-refractivity contribution < 1.29 is 27.2 Å². The number of fused-ring (bicyclic) bond motifs is 1. The molecule has 11 heteroatoms. The smallest absolute Gasteiger partial charge is 0.345 e. The third kappa shape index (κ3) is 6.65. The molecule has 2 amide bonds. The monoisotopic (exact) mass is 445 g/mol. The van der Waals surface area contributed by atoms with Crippen LogP contribution in [-0.2, 0) is 11.3 Å². The fraction of sp³-hybridized carbons (Fsp3) is 0.550. The Labute approximate surface area is 177 Å². The molecule has 4 N–H and O–H groups in total. The van der Waals surface area contributed by atoms with E-state index in [2.05, 4.69) is 10.4 Å². The first-order valence-electron chi connectivity index (χ1n) is 9.85. The normalized spacial score (nSPS) is 13.3. The van der Waals surface area contributed by atoms with Crippen molar-refractivity contribution in [1.82, 2.24) is 20.4 Å². The topological polar surface area (TPSA) is 102 Å². The number of hydrogen-bond acceptors (Lipinski definition) is 4. The van der Waals surface area contributed by atoms with Crippen LogP contribution in [0.3, 0.4) is 0 Å². The number of rotatable bonds is 8. The molecule has 0 aliphatic heterocycles. The van der Waals surface area contributed by atoms with E-state index < -0.39 is 41.8 Å². The summed E-state index contributed by atoms with van der Waals surface area (Å²) >= 11 is 0. The largest absolute Gasteiger partial charge is 0.405 e. The van der Waals surface area contributed by atoms with Gasteiger partial charge in [0.15, 0.2) is 5.69 Å². The summed E-state index contributed by atoms with van der Waals surface area (Å²) in [7, 11) is 0. The van der Waals surface area contributed by atoms with E-state index >= 15 is 0 Å². The van der Waals surface area contributed by atoms with Gasteiger partial charge in [-0.25, -0.2) is 4.39 Å². The number of unbranched alkanes of at least 4 members (excludes halogenated alkanes) is 1. The van der Waals surface area contributed by atoms with Gasteiger partial charge in [0.25, 0.3) is 5.91 Å². The van der Waals surface area contributed by atoms with Gasteiger partial charge < -0.3 is 16.4 Å². The van der Waals surface area contributed by atoms with E-state index in [-0.39, 0.29) is 5.69 Å². The molecule has 0 radical (unpaired) electrons. The maximum Gasteiger partial charge on any atom is 0.405 e. The predicted molar refractivity (Wildman–Crippen MR) is 108 cm³/mol. The maximum atomic E-state index is 13.8. The summed E-state index contributed by atoms with van der Waals surface area (Å²) in [4.78, 5) is 25.3. The van der Waals surface area contributed by atoms with Crippen molar-refractivity contribution in [2.24, 2.45) is 11.1 Å². The van der Waals surface area contributed by atoms with Gasteiger partial charge in [-0.15, -0.1) is 0 Å². The number of amides is 2. The van der Waals surface area contributed by atoms with Crippen LogP contribution < -0.4 is 16.4 Å². The second-order valence-electron chi connectivity index (χ2n) is 8.33. The third-order valence-electron chi connectivity index (χ3n) is 4.62. The minimum absolute atomic E-state index is 0.0411. The average Bonchev–Trinajstić information content (AvgIpc) is 3.00. The van der Waals surface area contributed by atoms with E-state index in [9.17, 15) is 27.2 Å². The van der Waals surface area contributed by atoms with Crippen molar-refractivity contribution in [2.75, 3.05) is 13.1 Å². The lowest BCUT2D eigenvalue weighted by Gasteiger charge is -2.30. The van der Waals surface area contributed by atoms with Crippen LogP contribution >= 0.6 is 0 Å². The highest BCUT2D eigenvalue weighted by molar-refractivity contribution is 6.06. The first-order valence-corrected chi connectivity index (χ1v) is 9.85. The van der Waals surface area contributed by atoms with E-state index in [1.165, 1.54) is 22.9 Å². The first-order chi connectivity index (χ1) is 14.3. The number of aryl methyl sites for hydroxylation is 1. The Morgan fingerprint density at radius 1 is 1.19 bits per heavy atom. The predicted octanol–water partition coefficient (Wildman–Crippen LogP) is 2.74. The molecule has 1 heterocycles. The molecular formula is C20H27F4N5O2. The summed E-state index contributed by atoms with van der Waals surface area (Å²) in [6, 6.07) is 2.59. The summed E-state index contributed by atoms with van der Waals surface area (Å²) in [5, 5.41) is 8.93. The summed E-state index contributed by atoms with van der Waals surface area (Å²) < 4.78 is 52.7. The van der Waals surface area contributed by atoms with Crippen molar-refractivity contribution in [3.8, 4) is 0 Å². The number of hydrogen-bond donors (Lipinski definition) is 3. The van der Waals surface area contributed by atoms with Crippen LogP contribution in [0.4, 0.5) is 17.6 Å². The van der Waals surface area contributed by atoms with Gasteiger partial charge >= 0.3 is 6.18 Å². The lowest BCUT2D eigenvalue weighted by atomic mass is 9.86. The van der Waals surface area contributed by atoms with Crippen LogP contribution in [0.5, 0.6) is 0 Å². The molecule has 31 heavy (non-hydrogen) atoms. The number of nitrogens with two attached hydrogens (primary N) is 1. The summed E-state index contributed by atoms with van der Waals surface area (Å²) in [5.41, 5.74) is 4.98. The van der Waals surface area contributed by atoms with Crippen LogP contribution in [0.25, 0.3) is 10.9 Å². The Morgan fingerprint density at radius 3 is 2.45 bits per heavy atom. The molecule has 0 saturated carbocycles. The van der Waals surface area contributed by atoms with Crippen molar-refractivity contribution in [1.29, 1.82) is 0 Å². The molecule has 0 aliphatic carbocycles. The minimum atomic E-state index is -4.58. The van der Waals surface area contributed by atoms with Gasteiger partial charge in [-0.1, -0.05) is 20.8 Å². The zero-order valence-corrected chi connectivity index (χ0v) is 17.6. The van der Waals surface area contributed by atoms with Gasteiger partial charge in [0.05, 0.1) is 5.52 Å². The van der Waals surface area contributed by atoms with Crippen molar-refractivity contribution in [3.05, 3.63) is 29.7 Å². The van der Waals surface area contributed by atoms with Gasteiger partial charge in [0.2, 0.25) is 5.91 Å². The van der Waals surface area contributed by atoms with E-state index in [4.69, 9.17) is 5.73 Å². The van der Waals surface area contributed by atoms with Crippen LogP contribution in [0, 0.1) is 11.2 Å². The van der Waals surface area contributed by atoms with Crippen LogP contribution in [0.2, 0.25) is 0 Å². The van der Waals surface area contributed by atoms with Crippen LogP contribution in [-0.4, -0.2) is 46.9 Å². The van der Waals surface area contributed by atoms with Gasteiger partial charge in [-0.3, -0.25) is 14.3 Å². The second-order valence-corrected chi connectivity index (χ2v) is 8.33. The van der Waals surface area contributed by atoms with Crippen LogP contribution in [0.1, 0.15) is 44.1 Å². The molecule has 172 valence electrons. The zero-order chi connectivity index (χ0) is 23.4. The lowest BCUT2D eigenvalue weighted by molar-refractivity contribution is -0.140. The molecule has 1 atom stereocenters. The maximum absolute atomic E-state index is 13.8. The Hall–Kier alpha value is -2.69. The number of halogens is 4. The average molecular weight is 445 g/mol. The Bertz CT molecular complexity index is 934. The molecule has 1 unspecified atom stereocenters. The fourth-order valence-electron chi connectivity index (χ4n) is 3.06. The SMILES string of the molecule is CC(C)(C)C(NC(=O)c1nn(CCCCN)c2cc(F)ccc12)C(=O)NCC(F)(F)F. The molecule has 7 nitrogen and oxygen atoms in total. The second kappa shape index (κ2) is 9.63. The van der Waals surface area contributed by atoms with Crippen molar-refractivity contribution in [3.63, 3.8) is 0 Å². The molecule has 2 rings (SSSR count).